The third-order valence-electron chi connectivity index (χ3n) is 3.98. The minimum Gasteiger partial charge on any atom is -0.494 e. The summed E-state index contributed by atoms with van der Waals surface area (Å²) in [4.78, 5) is 0. The van der Waals surface area contributed by atoms with Gasteiger partial charge >= 0.3 is 0 Å². The van der Waals surface area contributed by atoms with Crippen LogP contribution in [0.25, 0.3) is 0 Å². The van der Waals surface area contributed by atoms with Crippen molar-refractivity contribution in [1.82, 2.24) is 5.32 Å². The van der Waals surface area contributed by atoms with Gasteiger partial charge in [0, 0.05) is 0 Å². The van der Waals surface area contributed by atoms with Gasteiger partial charge in [-0.3, -0.25) is 0 Å². The summed E-state index contributed by atoms with van der Waals surface area (Å²) in [6, 6.07) is 5.38. The molecule has 1 saturated carbocycles. The number of rotatable bonds is 6. The summed E-state index contributed by atoms with van der Waals surface area (Å²) in [6.45, 7) is 6.52. The summed E-state index contributed by atoms with van der Waals surface area (Å²) < 4.78 is 18.7. The van der Waals surface area contributed by atoms with Crippen LogP contribution >= 0.6 is 0 Å². The van der Waals surface area contributed by atoms with Crippen LogP contribution in [0, 0.1) is 17.7 Å². The minimum absolute atomic E-state index is 0.249. The second kappa shape index (κ2) is 6.38. The maximum Gasteiger partial charge on any atom is 0.165 e. The first-order chi connectivity index (χ1) is 9.11. The highest BCUT2D eigenvalue weighted by Gasteiger charge is 2.32. The third kappa shape index (κ3) is 3.47. The van der Waals surface area contributed by atoms with Crippen molar-refractivity contribution in [3.8, 4) is 5.75 Å². The first-order valence-electron chi connectivity index (χ1n) is 7.16. The van der Waals surface area contributed by atoms with E-state index in [0.29, 0.717) is 23.5 Å². The molecule has 0 heterocycles. The summed E-state index contributed by atoms with van der Waals surface area (Å²) in [7, 11) is 1.50. The van der Waals surface area contributed by atoms with Gasteiger partial charge in [-0.2, -0.15) is 0 Å². The van der Waals surface area contributed by atoms with E-state index in [9.17, 15) is 4.39 Å². The van der Waals surface area contributed by atoms with Crippen LogP contribution in [0.1, 0.15) is 38.2 Å². The van der Waals surface area contributed by atoms with Crippen molar-refractivity contribution in [2.24, 2.45) is 11.8 Å². The normalized spacial score (nSPS) is 22.4. The van der Waals surface area contributed by atoms with Crippen LogP contribution in [0.2, 0.25) is 0 Å². The zero-order valence-corrected chi connectivity index (χ0v) is 12.1. The number of halogens is 1. The number of benzene rings is 1. The Labute approximate surface area is 115 Å². The van der Waals surface area contributed by atoms with Crippen molar-refractivity contribution < 1.29 is 9.13 Å². The van der Waals surface area contributed by atoms with Crippen molar-refractivity contribution in [2.75, 3.05) is 20.2 Å². The van der Waals surface area contributed by atoms with Gasteiger partial charge in [-0.25, -0.2) is 4.39 Å². The average Bonchev–Trinajstić information content (AvgIpc) is 2.33. The lowest BCUT2D eigenvalue weighted by Crippen LogP contribution is -2.35. The fourth-order valence-corrected chi connectivity index (χ4v) is 2.72. The molecule has 1 aliphatic carbocycles. The summed E-state index contributed by atoms with van der Waals surface area (Å²) in [5, 5.41) is 3.51. The molecule has 19 heavy (non-hydrogen) atoms. The second-order valence-electron chi connectivity index (χ2n) is 5.89. The van der Waals surface area contributed by atoms with Crippen LogP contribution in [-0.2, 0) is 0 Å². The maximum absolute atomic E-state index is 13.7. The van der Waals surface area contributed by atoms with E-state index in [2.05, 4.69) is 19.2 Å². The zero-order valence-electron chi connectivity index (χ0n) is 12.1. The molecule has 0 aromatic heterocycles. The first kappa shape index (κ1) is 14.3. The van der Waals surface area contributed by atoms with E-state index in [0.717, 1.165) is 18.7 Å². The van der Waals surface area contributed by atoms with Gasteiger partial charge < -0.3 is 10.1 Å². The molecule has 1 aromatic carbocycles. The van der Waals surface area contributed by atoms with Gasteiger partial charge in [0.2, 0.25) is 0 Å². The predicted octanol–water partition coefficient (Wildman–Crippen LogP) is 3.57. The van der Waals surface area contributed by atoms with Crippen LogP contribution in [0.3, 0.4) is 0 Å². The van der Waals surface area contributed by atoms with E-state index in [4.69, 9.17) is 4.74 Å². The third-order valence-corrected chi connectivity index (χ3v) is 3.98. The molecular weight excluding hydrogens is 241 g/mol. The molecule has 1 fully saturated rings. The van der Waals surface area contributed by atoms with E-state index in [-0.39, 0.29) is 5.82 Å². The summed E-state index contributed by atoms with van der Waals surface area (Å²) in [6.07, 6.45) is 2.41. The Morgan fingerprint density at radius 2 is 2.16 bits per heavy atom. The molecule has 1 aliphatic rings. The van der Waals surface area contributed by atoms with Crippen LogP contribution in [0.4, 0.5) is 4.39 Å². The molecule has 0 radical (unpaired) electrons. The number of ether oxygens (including phenoxy) is 1. The van der Waals surface area contributed by atoms with E-state index in [1.165, 1.54) is 20.0 Å². The van der Waals surface area contributed by atoms with E-state index >= 15 is 0 Å². The molecule has 2 unspecified atom stereocenters. The molecule has 1 N–H and O–H groups in total. The smallest absolute Gasteiger partial charge is 0.165 e. The number of methoxy groups -OCH3 is 1. The van der Waals surface area contributed by atoms with E-state index in [1.54, 1.807) is 12.1 Å². The highest BCUT2D eigenvalue weighted by molar-refractivity contribution is 5.32. The van der Waals surface area contributed by atoms with E-state index < -0.39 is 0 Å². The standard InChI is InChI=1S/C16H24FNO/c1-11(2)9-18-10-13-4-6-14(13)12-5-7-16(19-3)15(17)8-12/h5,7-8,11,13-14,18H,4,6,9-10H2,1-3H3. The minimum atomic E-state index is -0.249. The lowest BCUT2D eigenvalue weighted by molar-refractivity contribution is 0.242. The molecule has 0 saturated heterocycles. The Bertz CT molecular complexity index is 419. The molecule has 2 rings (SSSR count). The Balaban J connectivity index is 1.93. The fraction of sp³-hybridized carbons (Fsp3) is 0.625. The van der Waals surface area contributed by atoms with Crippen LogP contribution in [-0.4, -0.2) is 20.2 Å². The average molecular weight is 265 g/mol. The molecule has 2 nitrogen and oxygen atoms in total. The number of hydrogen-bond acceptors (Lipinski definition) is 2. The van der Waals surface area contributed by atoms with Crippen molar-refractivity contribution in [1.29, 1.82) is 0 Å². The maximum atomic E-state index is 13.7. The largest absolute Gasteiger partial charge is 0.494 e. The summed E-state index contributed by atoms with van der Waals surface area (Å²) in [5.41, 5.74) is 1.11. The number of hydrogen-bond donors (Lipinski definition) is 1. The molecule has 0 bridgehead atoms. The van der Waals surface area contributed by atoms with Gasteiger partial charge in [-0.05, 0) is 61.4 Å². The van der Waals surface area contributed by atoms with Crippen molar-refractivity contribution >= 4 is 0 Å². The molecule has 0 aliphatic heterocycles. The van der Waals surface area contributed by atoms with Crippen molar-refractivity contribution in [3.63, 3.8) is 0 Å². The first-order valence-corrected chi connectivity index (χ1v) is 7.16. The molecule has 0 amide bonds. The van der Waals surface area contributed by atoms with Gasteiger partial charge in [0.05, 0.1) is 7.11 Å². The van der Waals surface area contributed by atoms with Gasteiger partial charge in [0.25, 0.3) is 0 Å². The molecule has 0 spiro atoms. The Kier molecular flexibility index (Phi) is 4.81. The van der Waals surface area contributed by atoms with Gasteiger partial charge in [0.15, 0.2) is 11.6 Å². The Morgan fingerprint density at radius 3 is 2.68 bits per heavy atom. The van der Waals surface area contributed by atoms with Crippen LogP contribution in [0.5, 0.6) is 5.75 Å². The molecule has 2 atom stereocenters. The molecule has 3 heteroatoms. The Morgan fingerprint density at radius 1 is 1.37 bits per heavy atom. The summed E-state index contributed by atoms with van der Waals surface area (Å²) in [5.74, 6) is 1.90. The van der Waals surface area contributed by atoms with Crippen molar-refractivity contribution in [2.45, 2.75) is 32.6 Å². The molecule has 1 aromatic rings. The van der Waals surface area contributed by atoms with Gasteiger partial charge in [-0.1, -0.05) is 19.9 Å². The Hall–Kier alpha value is -1.09. The molecule has 106 valence electrons. The van der Waals surface area contributed by atoms with Crippen molar-refractivity contribution in [3.05, 3.63) is 29.6 Å². The number of nitrogens with one attached hydrogen (secondary N) is 1. The zero-order chi connectivity index (χ0) is 13.8. The van der Waals surface area contributed by atoms with Crippen LogP contribution in [0.15, 0.2) is 18.2 Å². The highest BCUT2D eigenvalue weighted by Crippen LogP contribution is 2.42. The predicted molar refractivity (Wildman–Crippen MR) is 76.1 cm³/mol. The lowest BCUT2D eigenvalue weighted by Gasteiger charge is -2.37. The molecular formula is C16H24FNO. The topological polar surface area (TPSA) is 21.3 Å². The monoisotopic (exact) mass is 265 g/mol. The SMILES string of the molecule is COc1ccc(C2CCC2CNCC(C)C)cc1F. The van der Waals surface area contributed by atoms with Gasteiger partial charge in [0.1, 0.15) is 0 Å². The highest BCUT2D eigenvalue weighted by atomic mass is 19.1. The van der Waals surface area contributed by atoms with Gasteiger partial charge in [-0.15, -0.1) is 0 Å². The van der Waals surface area contributed by atoms with E-state index in [1.807, 2.05) is 6.07 Å². The fourth-order valence-electron chi connectivity index (χ4n) is 2.72. The second-order valence-corrected chi connectivity index (χ2v) is 5.89. The van der Waals surface area contributed by atoms with Crippen LogP contribution < -0.4 is 10.1 Å². The quantitative estimate of drug-likeness (QED) is 0.849. The lowest BCUT2D eigenvalue weighted by atomic mass is 9.70. The summed E-state index contributed by atoms with van der Waals surface area (Å²) >= 11 is 0.